The van der Waals surface area contributed by atoms with E-state index in [-0.39, 0.29) is 30.7 Å². The van der Waals surface area contributed by atoms with Crippen molar-refractivity contribution in [3.8, 4) is 0 Å². The van der Waals surface area contributed by atoms with Gasteiger partial charge in [-0.1, -0.05) is 13.8 Å². The third kappa shape index (κ3) is 4.23. The Kier molecular flexibility index (Phi) is 7.13. The Labute approximate surface area is 62.0 Å². The van der Waals surface area contributed by atoms with E-state index in [2.05, 4.69) is 0 Å². The Morgan fingerprint density at radius 1 is 1.75 bits per heavy atom. The van der Waals surface area contributed by atoms with E-state index < -0.39 is 0 Å². The summed E-state index contributed by atoms with van der Waals surface area (Å²) >= 11 is 0. The molecule has 1 unspecified atom stereocenters. The first-order valence-electron chi connectivity index (χ1n) is 2.47. The van der Waals surface area contributed by atoms with Crippen LogP contribution in [0.5, 0.6) is 0 Å². The van der Waals surface area contributed by atoms with Crippen molar-refractivity contribution in [1.29, 1.82) is 0 Å². The Balaban J connectivity index is 0. The molecule has 0 heterocycles. The summed E-state index contributed by atoms with van der Waals surface area (Å²) in [4.78, 5) is 10.2. The molecule has 1 amide bonds. The standard InChI is InChI=1S/C5H11NO.Li.H/c1-3-4(2)5(6)7;;/h4H,3H2,1-2H3,(H2,6,7);;. The monoisotopic (exact) mass is 109 g/mol. The number of rotatable bonds is 2. The van der Waals surface area contributed by atoms with E-state index in [1.54, 1.807) is 0 Å². The number of hydrogen-bond donors (Lipinski definition) is 1. The first-order chi connectivity index (χ1) is 3.18. The van der Waals surface area contributed by atoms with E-state index in [0.29, 0.717) is 0 Å². The third-order valence-corrected chi connectivity index (χ3v) is 1.10. The van der Waals surface area contributed by atoms with Crippen molar-refractivity contribution in [3.63, 3.8) is 0 Å². The van der Waals surface area contributed by atoms with Gasteiger partial charge < -0.3 is 5.73 Å². The van der Waals surface area contributed by atoms with Gasteiger partial charge in [-0.3, -0.25) is 4.79 Å². The van der Waals surface area contributed by atoms with Crippen molar-refractivity contribution < 1.29 is 4.79 Å². The Hall–Kier alpha value is 0.0674. The molecular formula is C5H12LiNO. The molecule has 0 bridgehead atoms. The van der Waals surface area contributed by atoms with E-state index in [0.717, 1.165) is 6.42 Å². The van der Waals surface area contributed by atoms with E-state index >= 15 is 0 Å². The van der Waals surface area contributed by atoms with Crippen molar-refractivity contribution >= 4 is 24.8 Å². The number of amides is 1. The summed E-state index contributed by atoms with van der Waals surface area (Å²) in [5.74, 6) is -0.164. The predicted molar refractivity (Wildman–Crippen MR) is 35.8 cm³/mol. The SMILES string of the molecule is CCC(C)C(N)=O.[LiH]. The van der Waals surface area contributed by atoms with Crippen LogP contribution in [0.3, 0.4) is 0 Å². The van der Waals surface area contributed by atoms with Crippen LogP contribution in [0.15, 0.2) is 0 Å². The fraction of sp³-hybridized carbons (Fsp3) is 0.800. The van der Waals surface area contributed by atoms with Gasteiger partial charge in [0.05, 0.1) is 0 Å². The van der Waals surface area contributed by atoms with Gasteiger partial charge in [0.1, 0.15) is 0 Å². The minimum atomic E-state index is -0.206. The molecule has 0 aliphatic heterocycles. The van der Waals surface area contributed by atoms with Crippen LogP contribution >= 0.6 is 0 Å². The second-order valence-electron chi connectivity index (χ2n) is 1.71. The molecule has 1 atom stereocenters. The molecule has 0 aliphatic carbocycles. The van der Waals surface area contributed by atoms with Gasteiger partial charge in [-0.05, 0) is 6.42 Å². The molecule has 0 saturated heterocycles. The van der Waals surface area contributed by atoms with E-state index in [1.165, 1.54) is 0 Å². The Bertz CT molecular complexity index is 74.8. The topological polar surface area (TPSA) is 43.1 Å². The second-order valence-corrected chi connectivity index (χ2v) is 1.71. The van der Waals surface area contributed by atoms with Gasteiger partial charge >= 0.3 is 18.9 Å². The summed E-state index contributed by atoms with van der Waals surface area (Å²) < 4.78 is 0. The summed E-state index contributed by atoms with van der Waals surface area (Å²) in [5.41, 5.74) is 4.91. The van der Waals surface area contributed by atoms with Gasteiger partial charge in [-0.2, -0.15) is 0 Å². The Morgan fingerprint density at radius 2 is 2.12 bits per heavy atom. The van der Waals surface area contributed by atoms with Crippen molar-refractivity contribution in [3.05, 3.63) is 0 Å². The van der Waals surface area contributed by atoms with Crippen LogP contribution in [0.2, 0.25) is 0 Å². The van der Waals surface area contributed by atoms with Crippen molar-refractivity contribution in [2.24, 2.45) is 11.7 Å². The predicted octanol–water partition coefficient (Wildman–Crippen LogP) is -0.131. The molecule has 0 spiro atoms. The minimum absolute atomic E-state index is 0. The number of nitrogens with two attached hydrogens (primary N) is 1. The first kappa shape index (κ1) is 10.9. The van der Waals surface area contributed by atoms with Crippen LogP contribution in [-0.4, -0.2) is 24.8 Å². The van der Waals surface area contributed by atoms with E-state index in [9.17, 15) is 4.79 Å². The molecular weight excluding hydrogens is 97.0 g/mol. The van der Waals surface area contributed by atoms with Crippen molar-refractivity contribution in [2.45, 2.75) is 20.3 Å². The van der Waals surface area contributed by atoms with Gasteiger partial charge in [-0.15, -0.1) is 0 Å². The van der Waals surface area contributed by atoms with Crippen LogP contribution in [0.4, 0.5) is 0 Å². The zero-order valence-electron chi connectivity index (χ0n) is 4.77. The average molecular weight is 109 g/mol. The molecule has 8 heavy (non-hydrogen) atoms. The van der Waals surface area contributed by atoms with Crippen molar-refractivity contribution in [2.75, 3.05) is 0 Å². The Morgan fingerprint density at radius 3 is 2.12 bits per heavy atom. The number of carbonyl (C=O) groups excluding carboxylic acids is 1. The molecule has 0 fully saturated rings. The summed E-state index contributed by atoms with van der Waals surface area (Å²) in [6, 6.07) is 0. The molecule has 0 rings (SSSR count). The van der Waals surface area contributed by atoms with Crippen molar-refractivity contribution in [1.82, 2.24) is 0 Å². The molecule has 0 aromatic rings. The molecule has 0 radical (unpaired) electrons. The number of hydrogen-bond acceptors (Lipinski definition) is 1. The number of primary amides is 1. The van der Waals surface area contributed by atoms with E-state index in [1.807, 2.05) is 13.8 Å². The van der Waals surface area contributed by atoms with Crippen LogP contribution < -0.4 is 5.73 Å². The molecule has 2 nitrogen and oxygen atoms in total. The van der Waals surface area contributed by atoms with Gasteiger partial charge in [0.25, 0.3) is 0 Å². The maximum absolute atomic E-state index is 10.2. The van der Waals surface area contributed by atoms with E-state index in [4.69, 9.17) is 5.73 Å². The van der Waals surface area contributed by atoms with Crippen LogP contribution in [-0.2, 0) is 4.79 Å². The van der Waals surface area contributed by atoms with Gasteiger partial charge in [0, 0.05) is 5.92 Å². The van der Waals surface area contributed by atoms with Crippen LogP contribution in [0, 0.1) is 5.92 Å². The molecule has 2 N–H and O–H groups in total. The zero-order valence-corrected chi connectivity index (χ0v) is 4.77. The molecule has 44 valence electrons. The molecule has 0 saturated carbocycles. The normalized spacial score (nSPS) is 11.8. The maximum atomic E-state index is 10.2. The second kappa shape index (κ2) is 5.21. The molecule has 0 aromatic heterocycles. The summed E-state index contributed by atoms with van der Waals surface area (Å²) in [6.07, 6.45) is 0.843. The van der Waals surface area contributed by atoms with Crippen LogP contribution in [0.25, 0.3) is 0 Å². The van der Waals surface area contributed by atoms with Gasteiger partial charge in [0.2, 0.25) is 5.91 Å². The third-order valence-electron chi connectivity index (χ3n) is 1.10. The zero-order chi connectivity index (χ0) is 5.86. The first-order valence-corrected chi connectivity index (χ1v) is 2.47. The fourth-order valence-corrected chi connectivity index (χ4v) is 0.201. The fourth-order valence-electron chi connectivity index (χ4n) is 0.201. The summed E-state index contributed by atoms with van der Waals surface area (Å²) in [5, 5.41) is 0. The average Bonchev–Trinajstić information content (AvgIpc) is 1.65. The summed E-state index contributed by atoms with van der Waals surface area (Å²) in [7, 11) is 0. The quantitative estimate of drug-likeness (QED) is 0.493. The van der Waals surface area contributed by atoms with Crippen LogP contribution in [0.1, 0.15) is 20.3 Å². The summed E-state index contributed by atoms with van der Waals surface area (Å²) in [6.45, 7) is 3.76. The van der Waals surface area contributed by atoms with Gasteiger partial charge in [-0.25, -0.2) is 0 Å². The molecule has 3 heteroatoms. The van der Waals surface area contributed by atoms with Gasteiger partial charge in [0.15, 0.2) is 0 Å². The number of carbonyl (C=O) groups is 1. The molecule has 0 aliphatic rings. The molecule has 0 aromatic carbocycles.